The van der Waals surface area contributed by atoms with Crippen LogP contribution in [0.5, 0.6) is 0 Å². The quantitative estimate of drug-likeness (QED) is 0.848. The largest absolute Gasteiger partial charge is 0.340 e. The third kappa shape index (κ3) is 5.33. The van der Waals surface area contributed by atoms with Gasteiger partial charge in [-0.1, -0.05) is 44.5 Å². The van der Waals surface area contributed by atoms with Gasteiger partial charge >= 0.3 is 0 Å². The molecule has 0 N–H and O–H groups in total. The van der Waals surface area contributed by atoms with Gasteiger partial charge in [-0.25, -0.2) is 0 Å². The van der Waals surface area contributed by atoms with Gasteiger partial charge in [0.1, 0.15) is 0 Å². The van der Waals surface area contributed by atoms with E-state index in [-0.39, 0.29) is 17.1 Å². The van der Waals surface area contributed by atoms with Crippen LogP contribution in [0.15, 0.2) is 24.3 Å². The highest BCUT2D eigenvalue weighted by Crippen LogP contribution is 2.16. The Morgan fingerprint density at radius 1 is 1.13 bits per heavy atom. The fourth-order valence-electron chi connectivity index (χ4n) is 2.53. The number of hydrogen-bond acceptors (Lipinski definition) is 3. The SMILES string of the molecule is CC(C)(C)C(=O)CN1CCN(C(=O)Cc2cccc(Cl)c2)CC1. The van der Waals surface area contributed by atoms with Gasteiger partial charge < -0.3 is 4.90 Å². The number of amides is 1. The van der Waals surface area contributed by atoms with Crippen LogP contribution in [0.4, 0.5) is 0 Å². The second kappa shape index (κ2) is 7.45. The maximum atomic E-state index is 12.4. The summed E-state index contributed by atoms with van der Waals surface area (Å²) in [5, 5.41) is 0.654. The van der Waals surface area contributed by atoms with Gasteiger partial charge in [-0.05, 0) is 17.7 Å². The first kappa shape index (κ1) is 18.0. The lowest BCUT2D eigenvalue weighted by molar-refractivity contribution is -0.133. The summed E-state index contributed by atoms with van der Waals surface area (Å²) in [5.74, 6) is 0.366. The zero-order valence-electron chi connectivity index (χ0n) is 14.1. The predicted octanol–water partition coefficient (Wildman–Crippen LogP) is 2.64. The van der Waals surface area contributed by atoms with E-state index in [0.717, 1.165) is 18.7 Å². The number of piperazine rings is 1. The summed E-state index contributed by atoms with van der Waals surface area (Å²) in [7, 11) is 0. The van der Waals surface area contributed by atoms with Crippen molar-refractivity contribution >= 4 is 23.3 Å². The first-order valence-electron chi connectivity index (χ1n) is 8.03. The van der Waals surface area contributed by atoms with Gasteiger partial charge in [0.25, 0.3) is 0 Å². The molecule has 1 aromatic rings. The van der Waals surface area contributed by atoms with Crippen molar-refractivity contribution in [1.29, 1.82) is 0 Å². The number of halogens is 1. The standard InChI is InChI=1S/C18H25ClN2O2/c1-18(2,3)16(22)13-20-7-9-21(10-8-20)17(23)12-14-5-4-6-15(19)11-14/h4-6,11H,7-10,12-13H2,1-3H3. The monoisotopic (exact) mass is 336 g/mol. The van der Waals surface area contributed by atoms with Crippen LogP contribution in [0.1, 0.15) is 26.3 Å². The molecule has 4 nitrogen and oxygen atoms in total. The molecule has 23 heavy (non-hydrogen) atoms. The van der Waals surface area contributed by atoms with Crippen molar-refractivity contribution in [3.63, 3.8) is 0 Å². The third-order valence-corrected chi connectivity index (χ3v) is 4.41. The molecule has 0 saturated carbocycles. The lowest BCUT2D eigenvalue weighted by atomic mass is 9.90. The molecule has 0 radical (unpaired) electrons. The Labute approximate surface area is 143 Å². The molecule has 1 aliphatic heterocycles. The van der Waals surface area contributed by atoms with Crippen LogP contribution in [0.3, 0.4) is 0 Å². The van der Waals surface area contributed by atoms with E-state index in [1.165, 1.54) is 0 Å². The smallest absolute Gasteiger partial charge is 0.227 e. The summed E-state index contributed by atoms with van der Waals surface area (Å²) in [6.07, 6.45) is 0.376. The molecule has 1 amide bonds. The van der Waals surface area contributed by atoms with Gasteiger partial charge in [0, 0.05) is 36.6 Å². The fourth-order valence-corrected chi connectivity index (χ4v) is 2.74. The average molecular weight is 337 g/mol. The molecule has 126 valence electrons. The topological polar surface area (TPSA) is 40.6 Å². The van der Waals surface area contributed by atoms with Crippen molar-refractivity contribution in [1.82, 2.24) is 9.80 Å². The van der Waals surface area contributed by atoms with Gasteiger partial charge in [0.15, 0.2) is 5.78 Å². The molecule has 0 atom stereocenters. The predicted molar refractivity (Wildman–Crippen MR) is 92.6 cm³/mol. The summed E-state index contributed by atoms with van der Waals surface area (Å²) >= 11 is 5.95. The highest BCUT2D eigenvalue weighted by molar-refractivity contribution is 6.30. The zero-order valence-corrected chi connectivity index (χ0v) is 14.9. The highest BCUT2D eigenvalue weighted by Gasteiger charge is 2.26. The highest BCUT2D eigenvalue weighted by atomic mass is 35.5. The second-order valence-electron chi connectivity index (χ2n) is 7.14. The Kier molecular flexibility index (Phi) is 5.82. The molecule has 0 aliphatic carbocycles. The lowest BCUT2D eigenvalue weighted by Crippen LogP contribution is -2.51. The van der Waals surface area contributed by atoms with Crippen LogP contribution < -0.4 is 0 Å². The normalized spacial score (nSPS) is 16.4. The van der Waals surface area contributed by atoms with E-state index in [9.17, 15) is 9.59 Å². The Morgan fingerprint density at radius 3 is 2.35 bits per heavy atom. The first-order chi connectivity index (χ1) is 10.8. The number of benzene rings is 1. The van der Waals surface area contributed by atoms with E-state index in [0.29, 0.717) is 31.1 Å². The van der Waals surface area contributed by atoms with Gasteiger partial charge in [-0.3, -0.25) is 14.5 Å². The Hall–Kier alpha value is -1.39. The van der Waals surface area contributed by atoms with E-state index in [1.807, 2.05) is 43.9 Å². The molecule has 0 aromatic heterocycles. The maximum Gasteiger partial charge on any atom is 0.227 e. The van der Waals surface area contributed by atoms with E-state index in [4.69, 9.17) is 11.6 Å². The number of hydrogen-bond donors (Lipinski definition) is 0. The summed E-state index contributed by atoms with van der Waals surface area (Å²) in [5.41, 5.74) is 0.632. The van der Waals surface area contributed by atoms with Crippen molar-refractivity contribution in [3.05, 3.63) is 34.9 Å². The van der Waals surface area contributed by atoms with Crippen LogP contribution in [-0.2, 0) is 16.0 Å². The molecule has 1 fully saturated rings. The molecule has 1 heterocycles. The number of Topliss-reactive ketones (excluding diaryl/α,β-unsaturated/α-hetero) is 1. The van der Waals surface area contributed by atoms with Crippen molar-refractivity contribution in [2.75, 3.05) is 32.7 Å². The summed E-state index contributed by atoms with van der Waals surface area (Å²) in [4.78, 5) is 28.5. The minimum atomic E-state index is -0.306. The van der Waals surface area contributed by atoms with E-state index >= 15 is 0 Å². The van der Waals surface area contributed by atoms with Crippen molar-refractivity contribution in [3.8, 4) is 0 Å². The molecule has 0 unspecified atom stereocenters. The van der Waals surface area contributed by atoms with Crippen LogP contribution in [0.25, 0.3) is 0 Å². The van der Waals surface area contributed by atoms with E-state index < -0.39 is 0 Å². The zero-order chi connectivity index (χ0) is 17.0. The maximum absolute atomic E-state index is 12.4. The number of ketones is 1. The second-order valence-corrected chi connectivity index (χ2v) is 7.57. The minimum Gasteiger partial charge on any atom is -0.340 e. The van der Waals surface area contributed by atoms with Gasteiger partial charge in [0.2, 0.25) is 5.91 Å². The van der Waals surface area contributed by atoms with Crippen molar-refractivity contribution < 1.29 is 9.59 Å². The van der Waals surface area contributed by atoms with Crippen LogP contribution >= 0.6 is 11.6 Å². The third-order valence-electron chi connectivity index (χ3n) is 4.17. The lowest BCUT2D eigenvalue weighted by Gasteiger charge is -2.35. The Bertz CT molecular complexity index is 573. The first-order valence-corrected chi connectivity index (χ1v) is 8.41. The molecular formula is C18H25ClN2O2. The van der Waals surface area contributed by atoms with Gasteiger partial charge in [-0.15, -0.1) is 0 Å². The average Bonchev–Trinajstić information content (AvgIpc) is 2.47. The van der Waals surface area contributed by atoms with Gasteiger partial charge in [-0.2, -0.15) is 0 Å². The van der Waals surface area contributed by atoms with Crippen molar-refractivity contribution in [2.45, 2.75) is 27.2 Å². The molecule has 2 rings (SSSR count). The molecular weight excluding hydrogens is 312 g/mol. The summed E-state index contributed by atoms with van der Waals surface area (Å²) in [6, 6.07) is 7.42. The minimum absolute atomic E-state index is 0.120. The number of carbonyl (C=O) groups is 2. The Morgan fingerprint density at radius 2 is 1.78 bits per heavy atom. The molecule has 0 spiro atoms. The summed E-state index contributed by atoms with van der Waals surface area (Å²) in [6.45, 7) is 9.17. The van der Waals surface area contributed by atoms with Crippen LogP contribution in [-0.4, -0.2) is 54.2 Å². The number of carbonyl (C=O) groups excluding carboxylic acids is 2. The molecule has 1 aromatic carbocycles. The molecule has 0 bridgehead atoms. The Balaban J connectivity index is 1.82. The van der Waals surface area contributed by atoms with Crippen LogP contribution in [0.2, 0.25) is 5.02 Å². The van der Waals surface area contributed by atoms with Crippen molar-refractivity contribution in [2.24, 2.45) is 5.41 Å². The molecule has 1 saturated heterocycles. The van der Waals surface area contributed by atoms with Gasteiger partial charge in [0.05, 0.1) is 13.0 Å². The van der Waals surface area contributed by atoms with Crippen LogP contribution in [0, 0.1) is 5.41 Å². The summed E-state index contributed by atoms with van der Waals surface area (Å²) < 4.78 is 0. The number of nitrogens with zero attached hydrogens (tertiary/aromatic N) is 2. The molecule has 5 heteroatoms. The number of rotatable bonds is 4. The molecule has 1 aliphatic rings. The van der Waals surface area contributed by atoms with E-state index in [1.54, 1.807) is 6.07 Å². The van der Waals surface area contributed by atoms with E-state index in [2.05, 4.69) is 4.90 Å². The fraction of sp³-hybridized carbons (Fsp3) is 0.556.